The zero-order valence-electron chi connectivity index (χ0n) is 10.9. The third kappa shape index (κ3) is 2.69. The largest absolute Gasteiger partial charge is 0.379 e. The highest BCUT2D eigenvalue weighted by Gasteiger charge is 2.20. The number of nitrogens with zero attached hydrogens (tertiary/aromatic N) is 3. The molecule has 0 radical (unpaired) electrons. The second kappa shape index (κ2) is 5.56. The van der Waals surface area contributed by atoms with Crippen molar-refractivity contribution in [1.82, 2.24) is 15.3 Å². The van der Waals surface area contributed by atoms with E-state index in [1.165, 1.54) is 6.33 Å². The minimum Gasteiger partial charge on any atom is -0.379 e. The van der Waals surface area contributed by atoms with E-state index in [1.807, 2.05) is 30.3 Å². The molecule has 2 amide bonds. The number of carbonyl (C=O) groups excluding carboxylic acids is 1. The van der Waals surface area contributed by atoms with Gasteiger partial charge in [-0.25, -0.2) is 14.8 Å². The lowest BCUT2D eigenvalue weighted by molar-refractivity contribution is 0.252. The van der Waals surface area contributed by atoms with E-state index in [9.17, 15) is 4.79 Å². The van der Waals surface area contributed by atoms with E-state index >= 15 is 0 Å². The fourth-order valence-corrected chi connectivity index (χ4v) is 2.12. The lowest BCUT2D eigenvalue weighted by Gasteiger charge is -2.15. The fraction of sp³-hybridized carbons (Fsp3) is 0.214. The van der Waals surface area contributed by atoms with E-state index in [1.54, 1.807) is 11.1 Å². The Hall–Kier alpha value is -2.63. The van der Waals surface area contributed by atoms with Crippen molar-refractivity contribution in [2.75, 3.05) is 23.3 Å². The van der Waals surface area contributed by atoms with Crippen LogP contribution in [0.1, 0.15) is 5.69 Å². The maximum atomic E-state index is 11.6. The van der Waals surface area contributed by atoms with E-state index in [4.69, 9.17) is 0 Å². The summed E-state index contributed by atoms with van der Waals surface area (Å²) in [6.45, 7) is 2.02. The van der Waals surface area contributed by atoms with Crippen LogP contribution in [0, 0.1) is 0 Å². The molecular weight excluding hydrogens is 254 g/mol. The molecule has 0 spiro atoms. The number of rotatable bonds is 4. The molecule has 0 atom stereocenters. The van der Waals surface area contributed by atoms with Crippen molar-refractivity contribution < 1.29 is 4.79 Å². The van der Waals surface area contributed by atoms with Crippen molar-refractivity contribution in [2.24, 2.45) is 0 Å². The van der Waals surface area contributed by atoms with Crippen LogP contribution in [0.2, 0.25) is 0 Å². The minimum absolute atomic E-state index is 0.0436. The molecule has 2 heterocycles. The highest BCUT2D eigenvalue weighted by Crippen LogP contribution is 2.21. The monoisotopic (exact) mass is 269 g/mol. The summed E-state index contributed by atoms with van der Waals surface area (Å²) in [5.41, 5.74) is 2.78. The molecule has 0 unspecified atom stereocenters. The fourth-order valence-electron chi connectivity index (χ4n) is 2.12. The molecule has 1 aromatic carbocycles. The van der Waals surface area contributed by atoms with Crippen molar-refractivity contribution in [1.29, 1.82) is 0 Å². The Morgan fingerprint density at radius 2 is 2.30 bits per heavy atom. The standard InChI is InChI=1S/C14H15N5O/c20-14-16-6-7-19(14)13-3-1-2-11(8-13)17-9-12-4-5-15-10-18-12/h1-5,8,10,17H,6-7,9H2,(H,16,20). The van der Waals surface area contributed by atoms with E-state index < -0.39 is 0 Å². The zero-order valence-corrected chi connectivity index (χ0v) is 10.9. The van der Waals surface area contributed by atoms with E-state index in [-0.39, 0.29) is 6.03 Å². The molecule has 0 aliphatic carbocycles. The molecule has 1 aliphatic heterocycles. The van der Waals surface area contributed by atoms with Crippen LogP contribution < -0.4 is 15.5 Å². The van der Waals surface area contributed by atoms with Crippen molar-refractivity contribution in [3.63, 3.8) is 0 Å². The Morgan fingerprint density at radius 1 is 1.35 bits per heavy atom. The lowest BCUT2D eigenvalue weighted by Crippen LogP contribution is -2.27. The third-order valence-corrected chi connectivity index (χ3v) is 3.13. The van der Waals surface area contributed by atoms with Gasteiger partial charge in [-0.1, -0.05) is 6.07 Å². The van der Waals surface area contributed by atoms with Gasteiger partial charge >= 0.3 is 6.03 Å². The molecular formula is C14H15N5O. The maximum Gasteiger partial charge on any atom is 0.321 e. The van der Waals surface area contributed by atoms with Gasteiger partial charge in [0, 0.05) is 30.7 Å². The summed E-state index contributed by atoms with van der Waals surface area (Å²) in [6.07, 6.45) is 3.25. The van der Waals surface area contributed by atoms with Crippen LogP contribution in [0.4, 0.5) is 16.2 Å². The molecule has 20 heavy (non-hydrogen) atoms. The normalized spacial score (nSPS) is 14.2. The van der Waals surface area contributed by atoms with E-state index in [0.717, 1.165) is 17.1 Å². The molecule has 2 N–H and O–H groups in total. The highest BCUT2D eigenvalue weighted by atomic mass is 16.2. The Morgan fingerprint density at radius 3 is 3.05 bits per heavy atom. The summed E-state index contributed by atoms with van der Waals surface area (Å²) in [6, 6.07) is 9.62. The number of anilines is 2. The van der Waals surface area contributed by atoms with Crippen LogP contribution in [-0.4, -0.2) is 29.1 Å². The van der Waals surface area contributed by atoms with Gasteiger partial charge in [0.15, 0.2) is 0 Å². The summed E-state index contributed by atoms with van der Waals surface area (Å²) < 4.78 is 0. The van der Waals surface area contributed by atoms with Gasteiger partial charge in [-0.15, -0.1) is 0 Å². The Labute approximate surface area is 116 Å². The molecule has 6 heteroatoms. The van der Waals surface area contributed by atoms with E-state index in [2.05, 4.69) is 20.6 Å². The van der Waals surface area contributed by atoms with Crippen LogP contribution >= 0.6 is 0 Å². The van der Waals surface area contributed by atoms with Gasteiger partial charge in [0.1, 0.15) is 6.33 Å². The summed E-state index contributed by atoms with van der Waals surface area (Å²) in [5, 5.41) is 6.09. The molecule has 6 nitrogen and oxygen atoms in total. The first-order valence-corrected chi connectivity index (χ1v) is 6.47. The molecule has 102 valence electrons. The predicted molar refractivity (Wildman–Crippen MR) is 76.5 cm³/mol. The average molecular weight is 269 g/mol. The van der Waals surface area contributed by atoms with Crippen molar-refractivity contribution in [3.05, 3.63) is 48.5 Å². The van der Waals surface area contributed by atoms with Crippen LogP contribution in [0.5, 0.6) is 0 Å². The number of urea groups is 1. The molecule has 1 aromatic heterocycles. The first-order valence-electron chi connectivity index (χ1n) is 6.47. The Bertz CT molecular complexity index is 602. The topological polar surface area (TPSA) is 70.2 Å². The number of nitrogens with one attached hydrogen (secondary N) is 2. The van der Waals surface area contributed by atoms with Crippen molar-refractivity contribution in [2.45, 2.75) is 6.54 Å². The van der Waals surface area contributed by atoms with E-state index in [0.29, 0.717) is 19.6 Å². The molecule has 1 fully saturated rings. The molecule has 1 saturated heterocycles. The number of carbonyl (C=O) groups is 1. The van der Waals surface area contributed by atoms with Crippen LogP contribution in [0.25, 0.3) is 0 Å². The number of aromatic nitrogens is 2. The van der Waals surface area contributed by atoms with Gasteiger partial charge in [-0.05, 0) is 24.3 Å². The summed E-state index contributed by atoms with van der Waals surface area (Å²) in [4.78, 5) is 21.4. The summed E-state index contributed by atoms with van der Waals surface area (Å²) in [7, 11) is 0. The highest BCUT2D eigenvalue weighted by molar-refractivity contribution is 5.94. The lowest BCUT2D eigenvalue weighted by atomic mass is 10.2. The zero-order chi connectivity index (χ0) is 13.8. The molecule has 1 aliphatic rings. The van der Waals surface area contributed by atoms with Gasteiger partial charge in [0.05, 0.1) is 12.2 Å². The minimum atomic E-state index is -0.0436. The third-order valence-electron chi connectivity index (χ3n) is 3.13. The number of benzene rings is 1. The van der Waals surface area contributed by atoms with Gasteiger partial charge in [0.2, 0.25) is 0 Å². The van der Waals surface area contributed by atoms with Crippen LogP contribution in [0.3, 0.4) is 0 Å². The molecule has 0 bridgehead atoms. The van der Waals surface area contributed by atoms with Crippen molar-refractivity contribution >= 4 is 17.4 Å². The second-order valence-electron chi connectivity index (χ2n) is 4.49. The Kier molecular flexibility index (Phi) is 3.45. The quantitative estimate of drug-likeness (QED) is 0.885. The van der Waals surface area contributed by atoms with Gasteiger partial charge < -0.3 is 10.6 Å². The molecule has 0 saturated carbocycles. The summed E-state index contributed by atoms with van der Waals surface area (Å²) in [5.74, 6) is 0. The molecule has 2 aromatic rings. The molecule has 3 rings (SSSR count). The van der Waals surface area contributed by atoms with Gasteiger partial charge in [0.25, 0.3) is 0 Å². The SMILES string of the molecule is O=C1NCCN1c1cccc(NCc2ccncn2)c1. The second-order valence-corrected chi connectivity index (χ2v) is 4.49. The smallest absolute Gasteiger partial charge is 0.321 e. The number of hydrogen-bond donors (Lipinski definition) is 2. The predicted octanol–water partition coefficient (Wildman–Crippen LogP) is 1.62. The average Bonchev–Trinajstić information content (AvgIpc) is 2.93. The van der Waals surface area contributed by atoms with Crippen LogP contribution in [0.15, 0.2) is 42.9 Å². The Balaban J connectivity index is 1.70. The van der Waals surface area contributed by atoms with Gasteiger partial charge in [-0.2, -0.15) is 0 Å². The first-order chi connectivity index (χ1) is 9.83. The summed E-state index contributed by atoms with van der Waals surface area (Å²) >= 11 is 0. The van der Waals surface area contributed by atoms with Gasteiger partial charge in [-0.3, -0.25) is 4.90 Å². The number of hydrogen-bond acceptors (Lipinski definition) is 4. The first kappa shape index (κ1) is 12.4. The maximum absolute atomic E-state index is 11.6. The van der Waals surface area contributed by atoms with Crippen LogP contribution in [-0.2, 0) is 6.54 Å². The number of amides is 2. The van der Waals surface area contributed by atoms with Crippen molar-refractivity contribution in [3.8, 4) is 0 Å².